The summed E-state index contributed by atoms with van der Waals surface area (Å²) in [5.74, 6) is -0.612. The minimum Gasteiger partial charge on any atom is -0.492 e. The first-order chi connectivity index (χ1) is 10.8. The SMILES string of the molecule is Cc1cc2c(cc1C)[C@@H](C(=O)NS(=O)(=O)c1cnn(C)c1)CO2. The van der Waals surface area contributed by atoms with E-state index in [-0.39, 0.29) is 11.5 Å². The van der Waals surface area contributed by atoms with Gasteiger partial charge < -0.3 is 4.74 Å². The van der Waals surface area contributed by atoms with Gasteiger partial charge in [0, 0.05) is 18.8 Å². The number of sulfonamides is 1. The van der Waals surface area contributed by atoms with Crippen LogP contribution in [-0.4, -0.2) is 30.7 Å². The summed E-state index contributed by atoms with van der Waals surface area (Å²) >= 11 is 0. The van der Waals surface area contributed by atoms with Gasteiger partial charge in [0.05, 0.1) is 6.20 Å². The quantitative estimate of drug-likeness (QED) is 0.904. The van der Waals surface area contributed by atoms with Gasteiger partial charge in [0.2, 0.25) is 5.91 Å². The number of benzene rings is 1. The lowest BCUT2D eigenvalue weighted by atomic mass is 9.97. The number of hydrogen-bond acceptors (Lipinski definition) is 5. The number of aromatic nitrogens is 2. The van der Waals surface area contributed by atoms with Crippen molar-refractivity contribution in [1.82, 2.24) is 14.5 Å². The van der Waals surface area contributed by atoms with Crippen LogP contribution in [0.15, 0.2) is 29.4 Å². The Hall–Kier alpha value is -2.35. The first kappa shape index (κ1) is 15.5. The van der Waals surface area contributed by atoms with Crippen LogP contribution in [0.3, 0.4) is 0 Å². The second kappa shape index (κ2) is 5.38. The van der Waals surface area contributed by atoms with Crippen molar-refractivity contribution in [1.29, 1.82) is 0 Å². The maximum atomic E-state index is 12.4. The molecule has 0 saturated heterocycles. The largest absolute Gasteiger partial charge is 0.492 e. The van der Waals surface area contributed by atoms with Gasteiger partial charge in [-0.25, -0.2) is 13.1 Å². The fourth-order valence-corrected chi connectivity index (χ4v) is 3.49. The summed E-state index contributed by atoms with van der Waals surface area (Å²) in [6, 6.07) is 3.74. The fraction of sp³-hybridized carbons (Fsp3) is 0.333. The second-order valence-electron chi connectivity index (χ2n) is 5.66. The Balaban J connectivity index is 1.85. The fourth-order valence-electron chi connectivity index (χ4n) is 2.49. The van der Waals surface area contributed by atoms with Gasteiger partial charge in [-0.1, -0.05) is 6.07 Å². The molecule has 8 heteroatoms. The van der Waals surface area contributed by atoms with Gasteiger partial charge in [0.1, 0.15) is 23.2 Å². The minimum absolute atomic E-state index is 0.0485. The maximum Gasteiger partial charge on any atom is 0.267 e. The number of carbonyl (C=O) groups excluding carboxylic acids is 1. The zero-order valence-corrected chi connectivity index (χ0v) is 13.8. The van der Waals surface area contributed by atoms with E-state index in [0.717, 1.165) is 11.1 Å². The van der Waals surface area contributed by atoms with E-state index < -0.39 is 21.8 Å². The summed E-state index contributed by atoms with van der Waals surface area (Å²) < 4.78 is 33.4. The van der Waals surface area contributed by atoms with Crippen molar-refractivity contribution in [2.75, 3.05) is 6.61 Å². The molecule has 0 bridgehead atoms. The third-order valence-corrected chi connectivity index (χ3v) is 5.25. The normalized spacial score (nSPS) is 16.7. The Labute approximate surface area is 134 Å². The molecule has 3 rings (SSSR count). The summed E-state index contributed by atoms with van der Waals surface area (Å²) in [5, 5.41) is 3.81. The van der Waals surface area contributed by atoms with Crippen LogP contribution in [0, 0.1) is 13.8 Å². The molecule has 2 aromatic rings. The highest BCUT2D eigenvalue weighted by Gasteiger charge is 2.33. The molecule has 122 valence electrons. The first-order valence-corrected chi connectivity index (χ1v) is 8.55. The van der Waals surface area contributed by atoms with E-state index in [1.54, 1.807) is 7.05 Å². The lowest BCUT2D eigenvalue weighted by Crippen LogP contribution is -2.35. The Bertz CT molecular complexity index is 886. The topological polar surface area (TPSA) is 90.3 Å². The van der Waals surface area contributed by atoms with E-state index in [0.29, 0.717) is 11.3 Å². The van der Waals surface area contributed by atoms with Crippen LogP contribution in [0.1, 0.15) is 22.6 Å². The molecular weight excluding hydrogens is 318 g/mol. The molecule has 1 atom stereocenters. The number of hydrogen-bond donors (Lipinski definition) is 1. The highest BCUT2D eigenvalue weighted by atomic mass is 32.2. The van der Waals surface area contributed by atoms with E-state index >= 15 is 0 Å². The monoisotopic (exact) mass is 335 g/mol. The lowest BCUT2D eigenvalue weighted by molar-refractivity contribution is -0.120. The Morgan fingerprint density at radius 1 is 1.35 bits per heavy atom. The van der Waals surface area contributed by atoms with Gasteiger partial charge in [0.25, 0.3) is 10.0 Å². The van der Waals surface area contributed by atoms with Crippen LogP contribution < -0.4 is 9.46 Å². The molecule has 0 radical (unpaired) electrons. The van der Waals surface area contributed by atoms with Crippen LogP contribution in [0.5, 0.6) is 5.75 Å². The number of fused-ring (bicyclic) bond motifs is 1. The van der Waals surface area contributed by atoms with Crippen LogP contribution in [-0.2, 0) is 21.9 Å². The summed E-state index contributed by atoms with van der Waals surface area (Å²) in [6.45, 7) is 4.03. The first-order valence-electron chi connectivity index (χ1n) is 7.07. The highest BCUT2D eigenvalue weighted by molar-refractivity contribution is 7.90. The molecule has 1 aromatic carbocycles. The van der Waals surface area contributed by atoms with Crippen molar-refractivity contribution in [2.24, 2.45) is 7.05 Å². The predicted octanol–water partition coefficient (Wildman–Crippen LogP) is 1.02. The molecule has 1 amide bonds. The number of nitrogens with zero attached hydrogens (tertiary/aromatic N) is 2. The smallest absolute Gasteiger partial charge is 0.267 e. The van der Waals surface area contributed by atoms with Crippen LogP contribution in [0.25, 0.3) is 0 Å². The number of nitrogens with one attached hydrogen (secondary N) is 1. The average Bonchev–Trinajstić information content (AvgIpc) is 3.06. The van der Waals surface area contributed by atoms with E-state index in [1.165, 1.54) is 17.1 Å². The summed E-state index contributed by atoms with van der Waals surface area (Å²) in [6.07, 6.45) is 2.53. The molecule has 1 aliphatic rings. The van der Waals surface area contributed by atoms with Crippen LogP contribution in [0.2, 0.25) is 0 Å². The molecule has 0 saturated carbocycles. The number of amides is 1. The molecule has 0 aliphatic carbocycles. The molecule has 1 N–H and O–H groups in total. The number of ether oxygens (including phenoxy) is 1. The molecule has 1 aromatic heterocycles. The van der Waals surface area contributed by atoms with Gasteiger partial charge >= 0.3 is 0 Å². The maximum absolute atomic E-state index is 12.4. The lowest BCUT2D eigenvalue weighted by Gasteiger charge is -2.11. The van der Waals surface area contributed by atoms with Crippen molar-refractivity contribution >= 4 is 15.9 Å². The molecule has 0 spiro atoms. The molecule has 2 heterocycles. The second-order valence-corrected chi connectivity index (χ2v) is 7.34. The van der Waals surface area contributed by atoms with Gasteiger partial charge in [-0.05, 0) is 31.0 Å². The van der Waals surface area contributed by atoms with E-state index in [9.17, 15) is 13.2 Å². The van der Waals surface area contributed by atoms with Crippen molar-refractivity contribution in [3.05, 3.63) is 41.2 Å². The van der Waals surface area contributed by atoms with Crippen molar-refractivity contribution in [3.63, 3.8) is 0 Å². The zero-order valence-electron chi connectivity index (χ0n) is 13.0. The minimum atomic E-state index is -3.94. The Morgan fingerprint density at radius 3 is 2.70 bits per heavy atom. The number of rotatable bonds is 3. The molecule has 0 fully saturated rings. The van der Waals surface area contributed by atoms with Crippen molar-refractivity contribution in [2.45, 2.75) is 24.7 Å². The van der Waals surface area contributed by atoms with Gasteiger partial charge in [-0.2, -0.15) is 5.10 Å². The van der Waals surface area contributed by atoms with Crippen LogP contribution in [0.4, 0.5) is 0 Å². The predicted molar refractivity (Wildman–Crippen MR) is 82.7 cm³/mol. The van der Waals surface area contributed by atoms with Gasteiger partial charge in [0.15, 0.2) is 0 Å². The van der Waals surface area contributed by atoms with Crippen molar-refractivity contribution in [3.8, 4) is 5.75 Å². The molecule has 1 aliphatic heterocycles. The molecule has 7 nitrogen and oxygen atoms in total. The average molecular weight is 335 g/mol. The molecular formula is C15H17N3O4S. The molecule has 0 unspecified atom stereocenters. The van der Waals surface area contributed by atoms with Gasteiger partial charge in [-0.3, -0.25) is 9.48 Å². The molecule has 23 heavy (non-hydrogen) atoms. The third kappa shape index (κ3) is 2.81. The Kier molecular flexibility index (Phi) is 3.63. The zero-order chi connectivity index (χ0) is 16.8. The van der Waals surface area contributed by atoms with E-state index in [2.05, 4.69) is 9.82 Å². The highest BCUT2D eigenvalue weighted by Crippen LogP contribution is 2.36. The van der Waals surface area contributed by atoms with Crippen molar-refractivity contribution < 1.29 is 17.9 Å². The standard InChI is InChI=1S/C15H17N3O4S/c1-9-4-12-13(8-22-14(12)5-10(9)2)15(19)17-23(20,21)11-6-16-18(3)7-11/h4-7,13H,8H2,1-3H3,(H,17,19)/t13-/m0/s1. The Morgan fingerprint density at radius 2 is 2.04 bits per heavy atom. The third-order valence-electron chi connectivity index (χ3n) is 3.95. The summed E-state index contributed by atoms with van der Waals surface area (Å²) in [4.78, 5) is 12.4. The summed E-state index contributed by atoms with van der Waals surface area (Å²) in [7, 11) is -2.33. The van der Waals surface area contributed by atoms with E-state index in [4.69, 9.17) is 4.74 Å². The number of carbonyl (C=O) groups is 1. The summed E-state index contributed by atoms with van der Waals surface area (Å²) in [5.41, 5.74) is 2.81. The van der Waals surface area contributed by atoms with Crippen LogP contribution >= 0.6 is 0 Å². The van der Waals surface area contributed by atoms with Gasteiger partial charge in [-0.15, -0.1) is 0 Å². The van der Waals surface area contributed by atoms with E-state index in [1.807, 2.05) is 26.0 Å². The number of aryl methyl sites for hydroxylation is 3.